The van der Waals surface area contributed by atoms with E-state index in [1.165, 1.54) is 12.8 Å². The first-order valence-electron chi connectivity index (χ1n) is 7.70. The molecule has 2 N–H and O–H groups in total. The molecule has 122 valence electrons. The first-order valence-corrected chi connectivity index (χ1v) is 7.70. The summed E-state index contributed by atoms with van der Waals surface area (Å²) >= 11 is 0. The quantitative estimate of drug-likeness (QED) is 0.851. The van der Waals surface area contributed by atoms with Crippen molar-refractivity contribution in [1.82, 2.24) is 9.97 Å². The number of nitrogens with one attached hydrogen (secondary N) is 2. The van der Waals surface area contributed by atoms with E-state index >= 15 is 0 Å². The summed E-state index contributed by atoms with van der Waals surface area (Å²) in [6.45, 7) is 3.98. The van der Waals surface area contributed by atoms with E-state index in [-0.39, 0.29) is 0 Å². The van der Waals surface area contributed by atoms with Gasteiger partial charge in [-0.2, -0.15) is 4.98 Å². The minimum Gasteiger partial charge on any atom is -0.493 e. The molecule has 0 bridgehead atoms. The van der Waals surface area contributed by atoms with E-state index in [9.17, 15) is 0 Å². The summed E-state index contributed by atoms with van der Waals surface area (Å²) in [5.74, 6) is 2.87. The van der Waals surface area contributed by atoms with Crippen LogP contribution in [0, 0.1) is 13.8 Å². The van der Waals surface area contributed by atoms with Crippen LogP contribution in [0.4, 0.5) is 17.5 Å². The highest BCUT2D eigenvalue weighted by Crippen LogP contribution is 2.35. The van der Waals surface area contributed by atoms with Crippen molar-refractivity contribution in [2.24, 2.45) is 0 Å². The van der Waals surface area contributed by atoms with Crippen LogP contribution in [-0.4, -0.2) is 30.2 Å². The molecule has 23 heavy (non-hydrogen) atoms. The van der Waals surface area contributed by atoms with Gasteiger partial charge in [-0.1, -0.05) is 0 Å². The Kier molecular flexibility index (Phi) is 4.23. The highest BCUT2D eigenvalue weighted by molar-refractivity contribution is 5.63. The summed E-state index contributed by atoms with van der Waals surface area (Å²) in [5.41, 5.74) is 2.89. The van der Waals surface area contributed by atoms with Crippen molar-refractivity contribution in [2.45, 2.75) is 32.7 Å². The molecule has 0 radical (unpaired) electrons. The molecule has 1 aliphatic rings. The number of aromatic nitrogens is 2. The van der Waals surface area contributed by atoms with Crippen LogP contribution >= 0.6 is 0 Å². The van der Waals surface area contributed by atoms with Gasteiger partial charge >= 0.3 is 0 Å². The van der Waals surface area contributed by atoms with Crippen molar-refractivity contribution < 1.29 is 9.47 Å². The fourth-order valence-corrected chi connectivity index (χ4v) is 2.43. The molecule has 1 aromatic heterocycles. The first kappa shape index (κ1) is 15.4. The maximum absolute atomic E-state index is 5.38. The number of benzene rings is 1. The fourth-order valence-electron chi connectivity index (χ4n) is 2.43. The number of ether oxygens (including phenoxy) is 2. The molecule has 1 heterocycles. The van der Waals surface area contributed by atoms with Crippen molar-refractivity contribution in [3.8, 4) is 11.5 Å². The average Bonchev–Trinajstić information content (AvgIpc) is 3.34. The third kappa shape index (κ3) is 3.47. The van der Waals surface area contributed by atoms with Gasteiger partial charge in [0, 0.05) is 29.6 Å². The van der Waals surface area contributed by atoms with Crippen LogP contribution in [0.2, 0.25) is 0 Å². The second-order valence-electron chi connectivity index (χ2n) is 5.80. The fraction of sp³-hybridized carbons (Fsp3) is 0.412. The SMILES string of the molecule is COc1cc(Nc2ncc(C)c(NC3CC3)n2)cc(C)c1OC. The predicted molar refractivity (Wildman–Crippen MR) is 91.0 cm³/mol. The van der Waals surface area contributed by atoms with Crippen molar-refractivity contribution in [1.29, 1.82) is 0 Å². The normalized spacial score (nSPS) is 13.6. The van der Waals surface area contributed by atoms with E-state index in [4.69, 9.17) is 9.47 Å². The topological polar surface area (TPSA) is 68.3 Å². The Bertz CT molecular complexity index is 714. The number of aryl methyl sites for hydroxylation is 2. The Morgan fingerprint density at radius 2 is 1.87 bits per heavy atom. The first-order chi connectivity index (χ1) is 11.1. The lowest BCUT2D eigenvalue weighted by Gasteiger charge is -2.14. The number of anilines is 3. The van der Waals surface area contributed by atoms with Gasteiger partial charge in [0.1, 0.15) is 5.82 Å². The van der Waals surface area contributed by atoms with Gasteiger partial charge < -0.3 is 20.1 Å². The molecule has 1 fully saturated rings. The number of nitrogens with zero attached hydrogens (tertiary/aromatic N) is 2. The van der Waals surface area contributed by atoms with Crippen LogP contribution in [0.3, 0.4) is 0 Å². The Morgan fingerprint density at radius 1 is 1.09 bits per heavy atom. The number of methoxy groups -OCH3 is 2. The Labute approximate surface area is 136 Å². The van der Waals surface area contributed by atoms with E-state index in [2.05, 4.69) is 20.6 Å². The summed E-state index contributed by atoms with van der Waals surface area (Å²) < 4.78 is 10.7. The zero-order valence-corrected chi connectivity index (χ0v) is 13.9. The summed E-state index contributed by atoms with van der Waals surface area (Å²) in [6, 6.07) is 4.42. The minimum atomic E-state index is 0.555. The lowest BCUT2D eigenvalue weighted by molar-refractivity contribution is 0.353. The van der Waals surface area contributed by atoms with Crippen LogP contribution in [0.15, 0.2) is 18.3 Å². The molecular weight excluding hydrogens is 292 g/mol. The van der Waals surface area contributed by atoms with Gasteiger partial charge in [-0.3, -0.25) is 0 Å². The Balaban J connectivity index is 1.85. The molecule has 0 unspecified atom stereocenters. The molecule has 6 heteroatoms. The van der Waals surface area contributed by atoms with Crippen LogP contribution in [0.5, 0.6) is 11.5 Å². The highest BCUT2D eigenvalue weighted by Gasteiger charge is 2.22. The van der Waals surface area contributed by atoms with Crippen molar-refractivity contribution in [3.05, 3.63) is 29.5 Å². The lowest BCUT2D eigenvalue weighted by atomic mass is 10.2. The van der Waals surface area contributed by atoms with E-state index in [1.54, 1.807) is 14.2 Å². The van der Waals surface area contributed by atoms with Gasteiger partial charge in [-0.05, 0) is 38.3 Å². The smallest absolute Gasteiger partial charge is 0.229 e. The summed E-state index contributed by atoms with van der Waals surface area (Å²) in [4.78, 5) is 8.93. The van der Waals surface area contributed by atoms with Gasteiger partial charge in [0.25, 0.3) is 0 Å². The number of hydrogen-bond acceptors (Lipinski definition) is 6. The highest BCUT2D eigenvalue weighted by atomic mass is 16.5. The predicted octanol–water partition coefficient (Wildman–Crippen LogP) is 3.43. The second kappa shape index (κ2) is 6.32. The largest absolute Gasteiger partial charge is 0.493 e. The lowest BCUT2D eigenvalue weighted by Crippen LogP contribution is -2.08. The van der Waals surface area contributed by atoms with Crippen molar-refractivity contribution in [2.75, 3.05) is 24.9 Å². The maximum Gasteiger partial charge on any atom is 0.229 e. The summed E-state index contributed by atoms with van der Waals surface area (Å²) in [6.07, 6.45) is 4.25. The number of rotatable bonds is 6. The van der Waals surface area contributed by atoms with Crippen LogP contribution < -0.4 is 20.1 Å². The standard InChI is InChI=1S/C17H22N4O2/c1-10-7-13(8-14(22-3)15(10)23-4)20-17-18-9-11(2)16(21-17)19-12-5-6-12/h7-9,12H,5-6H2,1-4H3,(H2,18,19,20,21). The maximum atomic E-state index is 5.38. The Morgan fingerprint density at radius 3 is 2.52 bits per heavy atom. The van der Waals surface area contributed by atoms with E-state index in [1.807, 2.05) is 32.2 Å². The van der Waals surface area contributed by atoms with Crippen molar-refractivity contribution in [3.63, 3.8) is 0 Å². The van der Waals surface area contributed by atoms with Crippen LogP contribution in [0.1, 0.15) is 24.0 Å². The van der Waals surface area contributed by atoms with E-state index < -0.39 is 0 Å². The summed E-state index contributed by atoms with van der Waals surface area (Å²) in [7, 11) is 3.26. The Hall–Kier alpha value is -2.50. The third-order valence-corrected chi connectivity index (χ3v) is 3.81. The molecule has 0 aliphatic heterocycles. The molecular formula is C17H22N4O2. The average molecular weight is 314 g/mol. The van der Waals surface area contributed by atoms with Gasteiger partial charge in [0.05, 0.1) is 14.2 Å². The summed E-state index contributed by atoms with van der Waals surface area (Å²) in [5, 5.41) is 6.66. The molecule has 0 spiro atoms. The van der Waals surface area contributed by atoms with E-state index in [0.717, 1.165) is 28.4 Å². The molecule has 1 aliphatic carbocycles. The van der Waals surface area contributed by atoms with Gasteiger partial charge in [-0.25, -0.2) is 4.98 Å². The molecule has 0 saturated heterocycles. The molecule has 1 aromatic carbocycles. The molecule has 1 saturated carbocycles. The van der Waals surface area contributed by atoms with Gasteiger partial charge in [0.2, 0.25) is 5.95 Å². The van der Waals surface area contributed by atoms with E-state index in [0.29, 0.717) is 17.7 Å². The molecule has 2 aromatic rings. The molecule has 3 rings (SSSR count). The number of hydrogen-bond donors (Lipinski definition) is 2. The molecule has 0 amide bonds. The molecule has 0 atom stereocenters. The zero-order valence-electron chi connectivity index (χ0n) is 13.9. The van der Waals surface area contributed by atoms with Gasteiger partial charge in [-0.15, -0.1) is 0 Å². The van der Waals surface area contributed by atoms with Crippen molar-refractivity contribution >= 4 is 17.5 Å². The van der Waals surface area contributed by atoms with Gasteiger partial charge in [0.15, 0.2) is 11.5 Å². The van der Waals surface area contributed by atoms with Crippen LogP contribution in [0.25, 0.3) is 0 Å². The van der Waals surface area contributed by atoms with Crippen LogP contribution in [-0.2, 0) is 0 Å². The second-order valence-corrected chi connectivity index (χ2v) is 5.80. The monoisotopic (exact) mass is 314 g/mol. The molecule has 6 nitrogen and oxygen atoms in total. The minimum absolute atomic E-state index is 0.555. The zero-order chi connectivity index (χ0) is 16.4. The third-order valence-electron chi connectivity index (χ3n) is 3.81.